The summed E-state index contributed by atoms with van der Waals surface area (Å²) in [7, 11) is 0. The van der Waals surface area contributed by atoms with Crippen molar-refractivity contribution in [2.75, 3.05) is 0 Å². The summed E-state index contributed by atoms with van der Waals surface area (Å²) < 4.78 is 2.07. The van der Waals surface area contributed by atoms with Crippen molar-refractivity contribution in [3.8, 4) is 0 Å². The zero-order chi connectivity index (χ0) is 9.26. The Labute approximate surface area is 78.2 Å². The number of pyridine rings is 1. The standard InChI is InChI=1S/C11H14N2/c1-3-9(2)10-4-5-11-12-6-7-13(11)8-10/h4-9H,3H2,1-2H3. The third kappa shape index (κ3) is 1.44. The van der Waals surface area contributed by atoms with E-state index in [-0.39, 0.29) is 0 Å². The van der Waals surface area contributed by atoms with Gasteiger partial charge in [-0.3, -0.25) is 0 Å². The second-order valence-corrected chi connectivity index (χ2v) is 3.46. The van der Waals surface area contributed by atoms with E-state index >= 15 is 0 Å². The first-order chi connectivity index (χ1) is 6.31. The molecule has 0 saturated heterocycles. The molecular formula is C11H14N2. The van der Waals surface area contributed by atoms with Crippen LogP contribution in [0.5, 0.6) is 0 Å². The lowest BCUT2D eigenvalue weighted by molar-refractivity contribution is 0.728. The molecule has 0 saturated carbocycles. The molecule has 1 atom stereocenters. The van der Waals surface area contributed by atoms with E-state index in [1.165, 1.54) is 12.0 Å². The Kier molecular flexibility index (Phi) is 2.05. The number of aromatic nitrogens is 2. The summed E-state index contributed by atoms with van der Waals surface area (Å²) in [4.78, 5) is 4.21. The molecule has 0 N–H and O–H groups in total. The van der Waals surface area contributed by atoms with Gasteiger partial charge in [-0.15, -0.1) is 0 Å². The van der Waals surface area contributed by atoms with Crippen LogP contribution in [0, 0.1) is 0 Å². The van der Waals surface area contributed by atoms with Crippen LogP contribution in [-0.4, -0.2) is 9.38 Å². The monoisotopic (exact) mass is 174 g/mol. The van der Waals surface area contributed by atoms with Crippen LogP contribution in [-0.2, 0) is 0 Å². The van der Waals surface area contributed by atoms with Gasteiger partial charge in [0.1, 0.15) is 5.65 Å². The molecule has 0 aliphatic rings. The molecule has 2 aromatic heterocycles. The molecule has 1 unspecified atom stereocenters. The molecule has 2 aromatic rings. The van der Waals surface area contributed by atoms with Crippen LogP contribution < -0.4 is 0 Å². The van der Waals surface area contributed by atoms with E-state index < -0.39 is 0 Å². The first-order valence-corrected chi connectivity index (χ1v) is 4.74. The zero-order valence-corrected chi connectivity index (χ0v) is 8.07. The second-order valence-electron chi connectivity index (χ2n) is 3.46. The van der Waals surface area contributed by atoms with E-state index in [0.717, 1.165) is 5.65 Å². The molecule has 0 amide bonds. The summed E-state index contributed by atoms with van der Waals surface area (Å²) in [6.07, 6.45) is 7.16. The summed E-state index contributed by atoms with van der Waals surface area (Å²) in [5.41, 5.74) is 2.40. The van der Waals surface area contributed by atoms with Crippen LogP contribution in [0.4, 0.5) is 0 Å². The maximum Gasteiger partial charge on any atom is 0.136 e. The van der Waals surface area contributed by atoms with Crippen molar-refractivity contribution in [2.24, 2.45) is 0 Å². The van der Waals surface area contributed by atoms with Gasteiger partial charge in [0.15, 0.2) is 0 Å². The molecule has 2 nitrogen and oxygen atoms in total. The van der Waals surface area contributed by atoms with E-state index in [0.29, 0.717) is 5.92 Å². The first-order valence-electron chi connectivity index (χ1n) is 4.74. The minimum Gasteiger partial charge on any atom is -0.307 e. The Hall–Kier alpha value is -1.31. The number of hydrogen-bond acceptors (Lipinski definition) is 1. The van der Waals surface area contributed by atoms with Crippen molar-refractivity contribution in [1.82, 2.24) is 9.38 Å². The molecular weight excluding hydrogens is 160 g/mol. The van der Waals surface area contributed by atoms with Gasteiger partial charge in [0, 0.05) is 18.6 Å². The maximum absolute atomic E-state index is 4.21. The molecule has 0 aliphatic carbocycles. The molecule has 0 radical (unpaired) electrons. The summed E-state index contributed by atoms with van der Waals surface area (Å²) in [5, 5.41) is 0. The molecule has 2 rings (SSSR count). The summed E-state index contributed by atoms with van der Waals surface area (Å²) in [5.74, 6) is 0.631. The molecule has 2 heteroatoms. The Bertz CT molecular complexity index is 403. The fourth-order valence-corrected chi connectivity index (χ4v) is 1.46. The van der Waals surface area contributed by atoms with Crippen molar-refractivity contribution in [3.63, 3.8) is 0 Å². The van der Waals surface area contributed by atoms with Crippen molar-refractivity contribution in [2.45, 2.75) is 26.2 Å². The van der Waals surface area contributed by atoms with Gasteiger partial charge < -0.3 is 4.40 Å². The highest BCUT2D eigenvalue weighted by molar-refractivity contribution is 5.40. The lowest BCUT2D eigenvalue weighted by Gasteiger charge is -2.08. The number of fused-ring (bicyclic) bond motifs is 1. The van der Waals surface area contributed by atoms with Crippen LogP contribution >= 0.6 is 0 Å². The number of rotatable bonds is 2. The summed E-state index contributed by atoms with van der Waals surface area (Å²) in [6.45, 7) is 4.46. The average Bonchev–Trinajstić information content (AvgIpc) is 2.63. The molecule has 68 valence electrons. The normalized spacial score (nSPS) is 13.4. The van der Waals surface area contributed by atoms with Gasteiger partial charge in [-0.05, 0) is 24.0 Å². The molecule has 0 aliphatic heterocycles. The van der Waals surface area contributed by atoms with Gasteiger partial charge in [0.25, 0.3) is 0 Å². The van der Waals surface area contributed by atoms with Crippen molar-refractivity contribution >= 4 is 5.65 Å². The van der Waals surface area contributed by atoms with Gasteiger partial charge in [-0.1, -0.05) is 19.9 Å². The van der Waals surface area contributed by atoms with Crippen molar-refractivity contribution in [3.05, 3.63) is 36.3 Å². The number of imidazole rings is 1. The lowest BCUT2D eigenvalue weighted by Crippen LogP contribution is -1.94. The van der Waals surface area contributed by atoms with E-state index in [1.54, 1.807) is 0 Å². The Morgan fingerprint density at radius 2 is 2.31 bits per heavy atom. The van der Waals surface area contributed by atoms with E-state index in [1.807, 2.05) is 12.4 Å². The zero-order valence-electron chi connectivity index (χ0n) is 8.07. The Morgan fingerprint density at radius 1 is 1.46 bits per heavy atom. The average molecular weight is 174 g/mol. The van der Waals surface area contributed by atoms with Crippen molar-refractivity contribution < 1.29 is 0 Å². The van der Waals surface area contributed by atoms with Gasteiger partial charge in [-0.25, -0.2) is 4.98 Å². The second kappa shape index (κ2) is 3.21. The third-order valence-electron chi connectivity index (χ3n) is 2.59. The molecule has 2 heterocycles. The number of hydrogen-bond donors (Lipinski definition) is 0. The van der Waals surface area contributed by atoms with Crippen LogP contribution in [0.3, 0.4) is 0 Å². The van der Waals surface area contributed by atoms with E-state index in [4.69, 9.17) is 0 Å². The fourth-order valence-electron chi connectivity index (χ4n) is 1.46. The number of nitrogens with zero attached hydrogens (tertiary/aromatic N) is 2. The van der Waals surface area contributed by atoms with Crippen molar-refractivity contribution in [1.29, 1.82) is 0 Å². The highest BCUT2D eigenvalue weighted by Gasteiger charge is 2.03. The lowest BCUT2D eigenvalue weighted by atomic mass is 10.0. The van der Waals surface area contributed by atoms with Crippen LogP contribution in [0.2, 0.25) is 0 Å². The van der Waals surface area contributed by atoms with Crippen LogP contribution in [0.1, 0.15) is 31.7 Å². The quantitative estimate of drug-likeness (QED) is 0.684. The largest absolute Gasteiger partial charge is 0.307 e. The summed E-state index contributed by atoms with van der Waals surface area (Å²) >= 11 is 0. The highest BCUT2D eigenvalue weighted by Crippen LogP contribution is 2.18. The topological polar surface area (TPSA) is 17.3 Å². The Balaban J connectivity index is 2.48. The van der Waals surface area contributed by atoms with Gasteiger partial charge in [-0.2, -0.15) is 0 Å². The van der Waals surface area contributed by atoms with Gasteiger partial charge in [0.2, 0.25) is 0 Å². The summed E-state index contributed by atoms with van der Waals surface area (Å²) in [6, 6.07) is 4.23. The highest BCUT2D eigenvalue weighted by atomic mass is 15.0. The minimum absolute atomic E-state index is 0.631. The Morgan fingerprint density at radius 3 is 3.08 bits per heavy atom. The fraction of sp³-hybridized carbons (Fsp3) is 0.364. The first kappa shape index (κ1) is 8.30. The van der Waals surface area contributed by atoms with E-state index in [2.05, 4.69) is 41.6 Å². The molecule has 13 heavy (non-hydrogen) atoms. The predicted molar refractivity (Wildman–Crippen MR) is 53.9 cm³/mol. The molecule has 0 spiro atoms. The molecule has 0 fully saturated rings. The van der Waals surface area contributed by atoms with E-state index in [9.17, 15) is 0 Å². The minimum atomic E-state index is 0.631. The van der Waals surface area contributed by atoms with Gasteiger partial charge >= 0.3 is 0 Å². The van der Waals surface area contributed by atoms with Crippen LogP contribution in [0.15, 0.2) is 30.7 Å². The molecule has 0 bridgehead atoms. The predicted octanol–water partition coefficient (Wildman–Crippen LogP) is 2.85. The molecule has 0 aromatic carbocycles. The SMILES string of the molecule is CCC(C)c1ccc2nccn2c1. The maximum atomic E-state index is 4.21. The third-order valence-corrected chi connectivity index (χ3v) is 2.59. The van der Waals surface area contributed by atoms with Crippen LogP contribution in [0.25, 0.3) is 5.65 Å². The van der Waals surface area contributed by atoms with Gasteiger partial charge in [0.05, 0.1) is 0 Å². The smallest absolute Gasteiger partial charge is 0.136 e.